The normalized spacial score (nSPS) is 10.8. The Hall–Kier alpha value is -2.16. The summed E-state index contributed by atoms with van der Waals surface area (Å²) >= 11 is 0. The van der Waals surface area contributed by atoms with Crippen LogP contribution in [0.2, 0.25) is 0 Å². The van der Waals surface area contributed by atoms with Crippen molar-refractivity contribution in [2.75, 3.05) is 0 Å². The molecule has 2 rings (SSSR count). The number of rotatable bonds is 3. The van der Waals surface area contributed by atoms with E-state index in [1.54, 1.807) is 24.3 Å². The molecule has 0 radical (unpaired) electrons. The molecule has 2 aromatic carbocycles. The van der Waals surface area contributed by atoms with Gasteiger partial charge in [-0.2, -0.15) is 0 Å². The van der Waals surface area contributed by atoms with Crippen LogP contribution in [0.3, 0.4) is 0 Å². The van der Waals surface area contributed by atoms with Gasteiger partial charge >= 0.3 is 0 Å². The molecule has 0 bridgehead atoms. The van der Waals surface area contributed by atoms with Gasteiger partial charge in [-0.3, -0.25) is 0 Å². The summed E-state index contributed by atoms with van der Waals surface area (Å²) in [6.07, 6.45) is 0. The predicted molar refractivity (Wildman–Crippen MR) is 79.9 cm³/mol. The fraction of sp³-hybridized carbons (Fsp3) is 0.294. The zero-order valence-corrected chi connectivity index (χ0v) is 12.3. The molecule has 2 N–H and O–H groups in total. The van der Waals surface area contributed by atoms with Crippen molar-refractivity contribution in [3.63, 3.8) is 0 Å². The summed E-state index contributed by atoms with van der Waals surface area (Å²) in [5.74, 6) is 2.17. The Labute approximate surface area is 119 Å². The molecule has 2 aromatic rings. The molecule has 0 heterocycles. The van der Waals surface area contributed by atoms with E-state index in [2.05, 4.69) is 0 Å². The van der Waals surface area contributed by atoms with E-state index in [0.29, 0.717) is 5.75 Å². The van der Waals surface area contributed by atoms with Crippen LogP contribution < -0.4 is 4.74 Å². The molecule has 3 heteroatoms. The maximum absolute atomic E-state index is 9.83. The Bertz CT molecular complexity index is 607. The molecule has 0 fully saturated rings. The zero-order valence-electron chi connectivity index (χ0n) is 12.3. The Morgan fingerprint density at radius 3 is 2.10 bits per heavy atom. The number of benzene rings is 2. The van der Waals surface area contributed by atoms with Crippen LogP contribution in [0.25, 0.3) is 0 Å². The molecule has 0 saturated carbocycles. The monoisotopic (exact) mass is 272 g/mol. The molecule has 0 aliphatic rings. The minimum absolute atomic E-state index is 0.223. The number of aromatic hydroxyl groups is 2. The maximum Gasteiger partial charge on any atom is 0.133 e. The number of phenolic OH excluding ortho intramolecular Hbond substituents is 2. The lowest BCUT2D eigenvalue weighted by molar-refractivity contribution is 0.448. The van der Waals surface area contributed by atoms with E-state index in [4.69, 9.17) is 4.74 Å². The van der Waals surface area contributed by atoms with E-state index in [9.17, 15) is 10.2 Å². The van der Waals surface area contributed by atoms with Gasteiger partial charge in [0.05, 0.1) is 0 Å². The second-order valence-electron chi connectivity index (χ2n) is 5.39. The Kier molecular flexibility index (Phi) is 3.89. The third-order valence-corrected chi connectivity index (χ3v) is 3.29. The Morgan fingerprint density at radius 1 is 0.950 bits per heavy atom. The SMILES string of the molecule is Cc1cc(O)cc(C)c1Oc1ccc(O)c(C(C)C)c1. The summed E-state index contributed by atoms with van der Waals surface area (Å²) in [4.78, 5) is 0. The zero-order chi connectivity index (χ0) is 14.9. The van der Waals surface area contributed by atoms with E-state index < -0.39 is 0 Å². The van der Waals surface area contributed by atoms with Crippen LogP contribution >= 0.6 is 0 Å². The number of ether oxygens (including phenoxy) is 1. The minimum Gasteiger partial charge on any atom is -0.508 e. The quantitative estimate of drug-likeness (QED) is 0.856. The predicted octanol–water partition coefficient (Wildman–Crippen LogP) is 4.63. The molecule has 0 aromatic heterocycles. The smallest absolute Gasteiger partial charge is 0.133 e. The fourth-order valence-corrected chi connectivity index (χ4v) is 2.26. The fourth-order valence-electron chi connectivity index (χ4n) is 2.26. The van der Waals surface area contributed by atoms with Crippen molar-refractivity contribution in [1.82, 2.24) is 0 Å². The first-order valence-electron chi connectivity index (χ1n) is 6.69. The molecular weight excluding hydrogens is 252 g/mol. The van der Waals surface area contributed by atoms with E-state index in [1.165, 1.54) is 0 Å². The molecule has 0 aliphatic heterocycles. The van der Waals surface area contributed by atoms with Gasteiger partial charge in [-0.1, -0.05) is 13.8 Å². The van der Waals surface area contributed by atoms with Crippen LogP contribution in [0.4, 0.5) is 0 Å². The molecule has 106 valence electrons. The molecule has 3 nitrogen and oxygen atoms in total. The number of aryl methyl sites for hydroxylation is 2. The lowest BCUT2D eigenvalue weighted by atomic mass is 10.0. The lowest BCUT2D eigenvalue weighted by Crippen LogP contribution is -1.94. The third kappa shape index (κ3) is 2.87. The van der Waals surface area contributed by atoms with Crippen molar-refractivity contribution >= 4 is 0 Å². The summed E-state index contributed by atoms with van der Waals surface area (Å²) in [7, 11) is 0. The first-order valence-corrected chi connectivity index (χ1v) is 6.69. The second-order valence-corrected chi connectivity index (χ2v) is 5.39. The second kappa shape index (κ2) is 5.45. The number of phenols is 2. The first kappa shape index (κ1) is 14.3. The van der Waals surface area contributed by atoms with Crippen molar-refractivity contribution in [1.29, 1.82) is 0 Å². The highest BCUT2D eigenvalue weighted by Crippen LogP contribution is 2.35. The van der Waals surface area contributed by atoms with Crippen molar-refractivity contribution < 1.29 is 14.9 Å². The van der Waals surface area contributed by atoms with Crippen LogP contribution in [-0.4, -0.2) is 10.2 Å². The molecule has 0 spiro atoms. The van der Waals surface area contributed by atoms with Gasteiger partial charge in [-0.15, -0.1) is 0 Å². The summed E-state index contributed by atoms with van der Waals surface area (Å²) in [6, 6.07) is 8.59. The van der Waals surface area contributed by atoms with Gasteiger partial charge in [0.2, 0.25) is 0 Å². The standard InChI is InChI=1S/C17H20O3/c1-10(2)15-9-14(5-6-16(15)19)20-17-11(3)7-13(18)8-12(17)4/h5-10,18-19H,1-4H3. The van der Waals surface area contributed by atoms with Crippen molar-refractivity contribution in [3.05, 3.63) is 47.0 Å². The first-order chi connectivity index (χ1) is 9.38. The van der Waals surface area contributed by atoms with Crippen LogP contribution in [0.15, 0.2) is 30.3 Å². The Morgan fingerprint density at radius 2 is 1.55 bits per heavy atom. The molecule has 0 saturated heterocycles. The highest BCUT2D eigenvalue weighted by molar-refractivity contribution is 5.49. The summed E-state index contributed by atoms with van der Waals surface area (Å²) in [5, 5.41) is 19.4. The summed E-state index contributed by atoms with van der Waals surface area (Å²) < 4.78 is 5.92. The minimum atomic E-state index is 0.223. The highest BCUT2D eigenvalue weighted by Gasteiger charge is 2.11. The van der Waals surface area contributed by atoms with Gasteiger partial charge in [0, 0.05) is 5.56 Å². The lowest BCUT2D eigenvalue weighted by Gasteiger charge is -2.15. The van der Waals surface area contributed by atoms with Gasteiger partial charge in [-0.25, -0.2) is 0 Å². The third-order valence-electron chi connectivity index (χ3n) is 3.29. The van der Waals surface area contributed by atoms with Crippen LogP contribution in [0, 0.1) is 13.8 Å². The van der Waals surface area contributed by atoms with Gasteiger partial charge < -0.3 is 14.9 Å². The van der Waals surface area contributed by atoms with Crippen molar-refractivity contribution in [2.45, 2.75) is 33.6 Å². The number of hydrogen-bond acceptors (Lipinski definition) is 3. The largest absolute Gasteiger partial charge is 0.508 e. The van der Waals surface area contributed by atoms with E-state index in [1.807, 2.05) is 33.8 Å². The van der Waals surface area contributed by atoms with E-state index in [-0.39, 0.29) is 17.4 Å². The van der Waals surface area contributed by atoms with Gasteiger partial charge in [-0.05, 0) is 61.2 Å². The molecular formula is C17H20O3. The van der Waals surface area contributed by atoms with Crippen molar-refractivity contribution in [2.24, 2.45) is 0 Å². The van der Waals surface area contributed by atoms with Crippen molar-refractivity contribution in [3.8, 4) is 23.0 Å². The number of hydrogen-bond donors (Lipinski definition) is 2. The van der Waals surface area contributed by atoms with E-state index >= 15 is 0 Å². The highest BCUT2D eigenvalue weighted by atomic mass is 16.5. The van der Waals surface area contributed by atoms with Gasteiger partial charge in [0.15, 0.2) is 0 Å². The van der Waals surface area contributed by atoms with Gasteiger partial charge in [0.25, 0.3) is 0 Å². The average molecular weight is 272 g/mol. The molecule has 0 amide bonds. The Balaban J connectivity index is 2.38. The molecule has 0 unspecified atom stereocenters. The maximum atomic E-state index is 9.83. The summed E-state index contributed by atoms with van der Waals surface area (Å²) in [6.45, 7) is 7.84. The molecule has 20 heavy (non-hydrogen) atoms. The van der Waals surface area contributed by atoms with Crippen LogP contribution in [0.1, 0.15) is 36.5 Å². The molecule has 0 aliphatic carbocycles. The molecule has 0 atom stereocenters. The van der Waals surface area contributed by atoms with Gasteiger partial charge in [0.1, 0.15) is 23.0 Å². The van der Waals surface area contributed by atoms with Crippen LogP contribution in [0.5, 0.6) is 23.0 Å². The van der Waals surface area contributed by atoms with Crippen LogP contribution in [-0.2, 0) is 0 Å². The summed E-state index contributed by atoms with van der Waals surface area (Å²) in [5.41, 5.74) is 2.61. The topological polar surface area (TPSA) is 49.7 Å². The average Bonchev–Trinajstić information content (AvgIpc) is 2.35. The van der Waals surface area contributed by atoms with E-state index in [0.717, 1.165) is 22.4 Å².